The molecule has 0 aromatic heterocycles. The summed E-state index contributed by atoms with van der Waals surface area (Å²) in [7, 11) is 0. The number of carbonyl (C=O) groups is 2. The Labute approximate surface area is 128 Å². The normalized spacial score (nSPS) is 21.2. The number of hydrogen-bond donors (Lipinski definition) is 1. The number of hydrogen-bond acceptors (Lipinski definition) is 4. The van der Waals surface area contributed by atoms with Gasteiger partial charge >= 0.3 is 11.9 Å². The Morgan fingerprint density at radius 3 is 2.50 bits per heavy atom. The summed E-state index contributed by atoms with van der Waals surface area (Å²) in [5, 5.41) is 8.80. The van der Waals surface area contributed by atoms with E-state index in [4.69, 9.17) is 14.6 Å². The molecule has 1 fully saturated rings. The van der Waals surface area contributed by atoms with Crippen LogP contribution in [0.4, 0.5) is 4.39 Å². The molecule has 0 aliphatic heterocycles. The predicted molar refractivity (Wildman–Crippen MR) is 76.4 cm³/mol. The maximum Gasteiger partial charge on any atom is 0.335 e. The van der Waals surface area contributed by atoms with E-state index >= 15 is 0 Å². The number of halogens is 1. The first-order valence-electron chi connectivity index (χ1n) is 7.37. The molecule has 0 unspecified atom stereocenters. The topological polar surface area (TPSA) is 72.8 Å². The largest absolute Gasteiger partial charge is 0.487 e. The lowest BCUT2D eigenvalue weighted by molar-refractivity contribution is -0.149. The van der Waals surface area contributed by atoms with Crippen molar-refractivity contribution < 1.29 is 28.6 Å². The molecule has 0 heterocycles. The van der Waals surface area contributed by atoms with E-state index < -0.39 is 11.8 Å². The standard InChI is InChI=1S/C16H19FO5/c1-2-21-16(20)10-3-6-12(7-4-10)22-14-8-5-11(15(18)19)9-13(14)17/h5,8-10,12H,2-4,6-7H2,1H3,(H,18,19). The van der Waals surface area contributed by atoms with E-state index in [1.54, 1.807) is 6.92 Å². The van der Waals surface area contributed by atoms with Gasteiger partial charge in [0.2, 0.25) is 0 Å². The molecule has 22 heavy (non-hydrogen) atoms. The second-order valence-corrected chi connectivity index (χ2v) is 5.29. The van der Waals surface area contributed by atoms with E-state index in [-0.39, 0.29) is 29.3 Å². The third-order valence-corrected chi connectivity index (χ3v) is 3.77. The van der Waals surface area contributed by atoms with Gasteiger partial charge in [-0.1, -0.05) is 0 Å². The zero-order chi connectivity index (χ0) is 16.1. The third kappa shape index (κ3) is 3.96. The number of aromatic carboxylic acids is 1. The van der Waals surface area contributed by atoms with Gasteiger partial charge in [0.1, 0.15) is 0 Å². The minimum absolute atomic E-state index is 0.0459. The van der Waals surface area contributed by atoms with Crippen molar-refractivity contribution in [2.24, 2.45) is 5.92 Å². The highest BCUT2D eigenvalue weighted by molar-refractivity contribution is 5.87. The van der Waals surface area contributed by atoms with Crippen LogP contribution in [0.2, 0.25) is 0 Å². The molecule has 0 atom stereocenters. The quantitative estimate of drug-likeness (QED) is 0.846. The van der Waals surface area contributed by atoms with Crippen molar-refractivity contribution in [2.45, 2.75) is 38.7 Å². The minimum atomic E-state index is -1.18. The maximum atomic E-state index is 13.8. The fourth-order valence-electron chi connectivity index (χ4n) is 2.59. The van der Waals surface area contributed by atoms with Gasteiger partial charge in [-0.2, -0.15) is 0 Å². The summed E-state index contributed by atoms with van der Waals surface area (Å²) >= 11 is 0. The SMILES string of the molecule is CCOC(=O)C1CCC(Oc2ccc(C(=O)O)cc2F)CC1. The summed E-state index contributed by atoms with van der Waals surface area (Å²) in [5.74, 6) is -2.12. The summed E-state index contributed by atoms with van der Waals surface area (Å²) in [4.78, 5) is 22.4. The van der Waals surface area contributed by atoms with Gasteiger partial charge in [0.05, 0.1) is 24.2 Å². The van der Waals surface area contributed by atoms with E-state index in [9.17, 15) is 14.0 Å². The molecular formula is C16H19FO5. The fraction of sp³-hybridized carbons (Fsp3) is 0.500. The van der Waals surface area contributed by atoms with Gasteiger partial charge in [0.15, 0.2) is 11.6 Å². The zero-order valence-corrected chi connectivity index (χ0v) is 12.4. The van der Waals surface area contributed by atoms with Crippen LogP contribution in [0, 0.1) is 11.7 Å². The molecule has 0 amide bonds. The molecule has 1 aromatic rings. The molecule has 6 heteroatoms. The molecule has 1 N–H and O–H groups in total. The van der Waals surface area contributed by atoms with Crippen LogP contribution in [0.15, 0.2) is 18.2 Å². The van der Waals surface area contributed by atoms with Crippen LogP contribution < -0.4 is 4.74 Å². The first-order chi connectivity index (χ1) is 10.5. The Hall–Kier alpha value is -2.11. The number of carboxylic acid groups (broad SMARTS) is 1. The van der Waals surface area contributed by atoms with Gasteiger partial charge in [-0.15, -0.1) is 0 Å². The number of benzene rings is 1. The molecule has 2 rings (SSSR count). The molecule has 0 saturated heterocycles. The summed E-state index contributed by atoms with van der Waals surface area (Å²) < 4.78 is 24.4. The molecule has 1 aliphatic rings. The van der Waals surface area contributed by atoms with Crippen LogP contribution in [0.3, 0.4) is 0 Å². The van der Waals surface area contributed by atoms with E-state index in [1.165, 1.54) is 12.1 Å². The highest BCUT2D eigenvalue weighted by atomic mass is 19.1. The van der Waals surface area contributed by atoms with Crippen LogP contribution in [0.1, 0.15) is 43.0 Å². The van der Waals surface area contributed by atoms with E-state index in [2.05, 4.69) is 0 Å². The van der Waals surface area contributed by atoms with Crippen molar-refractivity contribution in [1.82, 2.24) is 0 Å². The smallest absolute Gasteiger partial charge is 0.335 e. The predicted octanol–water partition coefficient (Wildman–Crippen LogP) is 3.02. The molecule has 0 radical (unpaired) electrons. The molecule has 1 saturated carbocycles. The molecule has 1 aromatic carbocycles. The van der Waals surface area contributed by atoms with Crippen LogP contribution in [0.5, 0.6) is 5.75 Å². The van der Waals surface area contributed by atoms with Crippen LogP contribution in [0.25, 0.3) is 0 Å². The summed E-state index contributed by atoms with van der Waals surface area (Å²) in [6, 6.07) is 3.59. The molecule has 120 valence electrons. The van der Waals surface area contributed by atoms with Crippen molar-refractivity contribution in [2.75, 3.05) is 6.61 Å². The number of carbonyl (C=O) groups excluding carboxylic acids is 1. The molecule has 5 nitrogen and oxygen atoms in total. The van der Waals surface area contributed by atoms with Gasteiger partial charge in [-0.05, 0) is 50.8 Å². The van der Waals surface area contributed by atoms with Crippen molar-refractivity contribution in [3.63, 3.8) is 0 Å². The van der Waals surface area contributed by atoms with Crippen LogP contribution in [-0.2, 0) is 9.53 Å². The molecular weight excluding hydrogens is 291 g/mol. The Balaban J connectivity index is 1.91. The first kappa shape index (κ1) is 16.3. The first-order valence-corrected chi connectivity index (χ1v) is 7.37. The Morgan fingerprint density at radius 2 is 1.95 bits per heavy atom. The van der Waals surface area contributed by atoms with Gasteiger partial charge in [0.25, 0.3) is 0 Å². The van der Waals surface area contributed by atoms with Gasteiger partial charge in [-0.3, -0.25) is 4.79 Å². The highest BCUT2D eigenvalue weighted by Gasteiger charge is 2.28. The second kappa shape index (κ2) is 7.24. The average molecular weight is 310 g/mol. The zero-order valence-electron chi connectivity index (χ0n) is 12.4. The number of rotatable bonds is 5. The lowest BCUT2D eigenvalue weighted by atomic mass is 9.87. The van der Waals surface area contributed by atoms with E-state index in [0.717, 1.165) is 6.07 Å². The molecule has 0 spiro atoms. The molecule has 0 bridgehead atoms. The van der Waals surface area contributed by atoms with Gasteiger partial charge < -0.3 is 14.6 Å². The highest BCUT2D eigenvalue weighted by Crippen LogP contribution is 2.29. The second-order valence-electron chi connectivity index (χ2n) is 5.29. The van der Waals surface area contributed by atoms with E-state index in [0.29, 0.717) is 32.3 Å². The van der Waals surface area contributed by atoms with Crippen molar-refractivity contribution in [3.05, 3.63) is 29.6 Å². The monoisotopic (exact) mass is 310 g/mol. The molecule has 1 aliphatic carbocycles. The number of ether oxygens (including phenoxy) is 2. The number of esters is 1. The van der Waals surface area contributed by atoms with Crippen molar-refractivity contribution in [3.8, 4) is 5.75 Å². The lowest BCUT2D eigenvalue weighted by Gasteiger charge is -2.27. The average Bonchev–Trinajstić information content (AvgIpc) is 2.50. The van der Waals surface area contributed by atoms with Crippen LogP contribution in [-0.4, -0.2) is 29.8 Å². The maximum absolute atomic E-state index is 13.8. The minimum Gasteiger partial charge on any atom is -0.487 e. The summed E-state index contributed by atoms with van der Waals surface area (Å²) in [6.07, 6.45) is 2.42. The third-order valence-electron chi connectivity index (χ3n) is 3.77. The van der Waals surface area contributed by atoms with Crippen molar-refractivity contribution >= 4 is 11.9 Å². The van der Waals surface area contributed by atoms with Crippen LogP contribution >= 0.6 is 0 Å². The summed E-state index contributed by atoms with van der Waals surface area (Å²) in [6.45, 7) is 2.15. The van der Waals surface area contributed by atoms with Gasteiger partial charge in [-0.25, -0.2) is 9.18 Å². The Bertz CT molecular complexity index is 549. The van der Waals surface area contributed by atoms with E-state index in [1.807, 2.05) is 0 Å². The Kier molecular flexibility index (Phi) is 5.35. The van der Waals surface area contributed by atoms with Gasteiger partial charge in [0, 0.05) is 0 Å². The summed E-state index contributed by atoms with van der Waals surface area (Å²) in [5.41, 5.74) is -0.115. The fourth-order valence-corrected chi connectivity index (χ4v) is 2.59. The van der Waals surface area contributed by atoms with Crippen molar-refractivity contribution in [1.29, 1.82) is 0 Å². The number of carboxylic acids is 1. The lowest BCUT2D eigenvalue weighted by Crippen LogP contribution is -2.29. The Morgan fingerprint density at radius 1 is 1.27 bits per heavy atom.